The monoisotopic (exact) mass is 570 g/mol. The minimum Gasteiger partial charge on any atom is -0.496 e. The zero-order valence-corrected chi connectivity index (χ0v) is 25.4. The lowest BCUT2D eigenvalue weighted by Gasteiger charge is -2.28. The molecule has 1 atom stereocenters. The van der Waals surface area contributed by atoms with Gasteiger partial charge in [0.2, 0.25) is 5.91 Å². The molecule has 4 rings (SSSR count). The number of aromatic nitrogens is 2. The summed E-state index contributed by atoms with van der Waals surface area (Å²) in [7, 11) is 3.20. The molecular weight excluding hydrogens is 528 g/mol. The number of β-amino-alcohol motifs (C(OH)–C–C–N with tert-alkyl or cyclic N) is 1. The maximum Gasteiger partial charge on any atom is 0.224 e. The smallest absolute Gasteiger partial charge is 0.224 e. The summed E-state index contributed by atoms with van der Waals surface area (Å²) in [4.78, 5) is 17.2. The predicted molar refractivity (Wildman–Crippen MR) is 165 cm³/mol. The van der Waals surface area contributed by atoms with Gasteiger partial charge in [-0.2, -0.15) is 0 Å². The van der Waals surface area contributed by atoms with Crippen LogP contribution in [0.3, 0.4) is 0 Å². The van der Waals surface area contributed by atoms with Gasteiger partial charge in [-0.05, 0) is 75.6 Å². The molecule has 0 radical (unpaired) electrons. The molecule has 2 aromatic carbocycles. The first-order chi connectivity index (χ1) is 20.1. The van der Waals surface area contributed by atoms with Crippen molar-refractivity contribution in [3.63, 3.8) is 0 Å². The van der Waals surface area contributed by atoms with Gasteiger partial charge in [-0.15, -0.1) is 0 Å². The maximum absolute atomic E-state index is 12.6. The molecule has 8 heteroatoms. The SMILES string of the molecule is COc1cccc(OC)c1CNC(=O)Cc1ccc(CC(C)(C)NC[C@H](O)c2ccc(-n3c(C)ccc3C)nc2)cc1. The lowest BCUT2D eigenvalue weighted by Crippen LogP contribution is -2.43. The van der Waals surface area contributed by atoms with Crippen LogP contribution in [0.5, 0.6) is 11.5 Å². The summed E-state index contributed by atoms with van der Waals surface area (Å²) < 4.78 is 12.9. The summed E-state index contributed by atoms with van der Waals surface area (Å²) in [6, 6.07) is 21.7. The topological polar surface area (TPSA) is 97.6 Å². The molecule has 0 aliphatic rings. The van der Waals surface area contributed by atoms with Crippen LogP contribution in [0.25, 0.3) is 5.82 Å². The Morgan fingerprint density at radius 1 is 0.929 bits per heavy atom. The summed E-state index contributed by atoms with van der Waals surface area (Å²) in [6.45, 7) is 9.07. The van der Waals surface area contributed by atoms with Crippen molar-refractivity contribution in [3.8, 4) is 17.3 Å². The number of pyridine rings is 1. The van der Waals surface area contributed by atoms with E-state index in [9.17, 15) is 9.90 Å². The molecule has 1 amide bonds. The number of hydrogen-bond acceptors (Lipinski definition) is 6. The number of nitrogens with zero attached hydrogens (tertiary/aromatic N) is 2. The van der Waals surface area contributed by atoms with E-state index in [1.54, 1.807) is 20.4 Å². The van der Waals surface area contributed by atoms with Crippen molar-refractivity contribution in [1.29, 1.82) is 0 Å². The Morgan fingerprint density at radius 2 is 1.55 bits per heavy atom. The highest BCUT2D eigenvalue weighted by Gasteiger charge is 2.20. The summed E-state index contributed by atoms with van der Waals surface area (Å²) >= 11 is 0. The van der Waals surface area contributed by atoms with Crippen LogP contribution in [0.15, 0.2) is 72.9 Å². The molecule has 2 heterocycles. The van der Waals surface area contributed by atoms with E-state index in [2.05, 4.69) is 72.1 Å². The molecule has 0 spiro atoms. The average molecular weight is 571 g/mol. The number of carbonyl (C=O) groups is 1. The molecule has 8 nitrogen and oxygen atoms in total. The molecule has 2 aromatic heterocycles. The molecule has 222 valence electrons. The standard InChI is InChI=1S/C34H42N4O4/c1-23-10-11-24(2)38(23)32-17-16-27(20-35-32)29(39)22-37-34(3,4)19-26-14-12-25(13-15-26)18-33(40)36-21-28-30(41-5)8-7-9-31(28)42-6/h7-17,20,29,37,39H,18-19,21-22H2,1-6H3,(H,36,40)/t29-/m0/s1. The number of carbonyl (C=O) groups excluding carboxylic acids is 1. The fraction of sp³-hybridized carbons (Fsp3) is 0.353. The van der Waals surface area contributed by atoms with E-state index >= 15 is 0 Å². The van der Waals surface area contributed by atoms with Crippen LogP contribution in [-0.4, -0.2) is 46.9 Å². The largest absolute Gasteiger partial charge is 0.496 e. The molecule has 3 N–H and O–H groups in total. The van der Waals surface area contributed by atoms with Gasteiger partial charge in [0, 0.05) is 35.2 Å². The van der Waals surface area contributed by atoms with Crippen molar-refractivity contribution in [1.82, 2.24) is 20.2 Å². The van der Waals surface area contributed by atoms with Crippen LogP contribution in [0.1, 0.15) is 53.6 Å². The van der Waals surface area contributed by atoms with Gasteiger partial charge in [-0.25, -0.2) is 4.98 Å². The minimum absolute atomic E-state index is 0.0761. The van der Waals surface area contributed by atoms with E-state index in [0.29, 0.717) is 24.6 Å². The predicted octanol–water partition coefficient (Wildman–Crippen LogP) is 5.01. The Kier molecular flexibility index (Phi) is 10.0. The van der Waals surface area contributed by atoms with Crippen molar-refractivity contribution >= 4 is 5.91 Å². The molecule has 0 fully saturated rings. The Labute approximate surface area is 248 Å². The fourth-order valence-electron chi connectivity index (χ4n) is 5.13. The number of amides is 1. The van der Waals surface area contributed by atoms with Gasteiger partial charge in [0.15, 0.2) is 0 Å². The summed E-state index contributed by atoms with van der Waals surface area (Å²) in [6.07, 6.45) is 2.12. The summed E-state index contributed by atoms with van der Waals surface area (Å²) in [5.74, 6) is 2.12. The normalized spacial score (nSPS) is 12.2. The van der Waals surface area contributed by atoms with Gasteiger partial charge in [-0.1, -0.05) is 36.4 Å². The van der Waals surface area contributed by atoms with Crippen LogP contribution in [0.2, 0.25) is 0 Å². The number of rotatable bonds is 13. The third-order valence-electron chi connectivity index (χ3n) is 7.46. The first-order valence-corrected chi connectivity index (χ1v) is 14.2. The van der Waals surface area contributed by atoms with Crippen molar-refractivity contribution < 1.29 is 19.4 Å². The van der Waals surface area contributed by atoms with E-state index in [1.165, 1.54) is 0 Å². The zero-order chi connectivity index (χ0) is 30.3. The molecule has 0 aliphatic carbocycles. The molecular formula is C34H42N4O4. The maximum atomic E-state index is 12.6. The number of methoxy groups -OCH3 is 2. The number of nitrogens with one attached hydrogen (secondary N) is 2. The molecule has 4 aromatic rings. The van der Waals surface area contributed by atoms with E-state index in [-0.39, 0.29) is 17.9 Å². The van der Waals surface area contributed by atoms with Gasteiger partial charge in [0.1, 0.15) is 17.3 Å². The van der Waals surface area contributed by atoms with E-state index in [1.807, 2.05) is 42.5 Å². The summed E-state index contributed by atoms with van der Waals surface area (Å²) in [5, 5.41) is 17.3. The summed E-state index contributed by atoms with van der Waals surface area (Å²) in [5.41, 5.74) is 5.66. The van der Waals surface area contributed by atoms with Crippen molar-refractivity contribution in [3.05, 3.63) is 107 Å². The van der Waals surface area contributed by atoms with Crippen LogP contribution in [0.4, 0.5) is 0 Å². The third-order valence-corrected chi connectivity index (χ3v) is 7.46. The van der Waals surface area contributed by atoms with Crippen LogP contribution in [0, 0.1) is 13.8 Å². The third kappa shape index (κ3) is 7.78. The van der Waals surface area contributed by atoms with E-state index < -0.39 is 6.10 Å². The zero-order valence-electron chi connectivity index (χ0n) is 25.4. The number of aryl methyl sites for hydroxylation is 2. The Bertz CT molecular complexity index is 1430. The van der Waals surface area contributed by atoms with Crippen molar-refractivity contribution in [2.24, 2.45) is 0 Å². The molecule has 42 heavy (non-hydrogen) atoms. The first-order valence-electron chi connectivity index (χ1n) is 14.2. The Balaban J connectivity index is 1.26. The number of aliphatic hydroxyl groups is 1. The minimum atomic E-state index is -0.672. The van der Waals surface area contributed by atoms with Crippen molar-refractivity contribution in [2.45, 2.75) is 58.7 Å². The highest BCUT2D eigenvalue weighted by atomic mass is 16.5. The molecule has 0 unspecified atom stereocenters. The van der Waals surface area contributed by atoms with E-state index in [4.69, 9.17) is 9.47 Å². The number of benzene rings is 2. The number of aliphatic hydroxyl groups excluding tert-OH is 1. The fourth-order valence-corrected chi connectivity index (χ4v) is 5.13. The van der Waals surface area contributed by atoms with Gasteiger partial charge < -0.3 is 29.8 Å². The van der Waals surface area contributed by atoms with Crippen LogP contribution in [-0.2, 0) is 24.2 Å². The van der Waals surface area contributed by atoms with Gasteiger partial charge in [-0.3, -0.25) is 4.79 Å². The Hall–Kier alpha value is -4.14. The Morgan fingerprint density at radius 3 is 2.12 bits per heavy atom. The molecule has 0 saturated carbocycles. The lowest BCUT2D eigenvalue weighted by molar-refractivity contribution is -0.120. The number of hydrogen-bond donors (Lipinski definition) is 3. The van der Waals surface area contributed by atoms with Gasteiger partial charge in [0.05, 0.1) is 38.9 Å². The molecule has 0 saturated heterocycles. The quantitative estimate of drug-likeness (QED) is 0.209. The second-order valence-electron chi connectivity index (χ2n) is 11.3. The lowest BCUT2D eigenvalue weighted by atomic mass is 9.93. The van der Waals surface area contributed by atoms with Crippen LogP contribution < -0.4 is 20.1 Å². The second kappa shape index (κ2) is 13.7. The van der Waals surface area contributed by atoms with Gasteiger partial charge in [0.25, 0.3) is 0 Å². The van der Waals surface area contributed by atoms with Crippen molar-refractivity contribution in [2.75, 3.05) is 20.8 Å². The first kappa shape index (κ1) is 30.8. The highest BCUT2D eigenvalue weighted by molar-refractivity contribution is 5.78. The molecule has 0 bridgehead atoms. The highest BCUT2D eigenvalue weighted by Crippen LogP contribution is 2.28. The van der Waals surface area contributed by atoms with Crippen LogP contribution >= 0.6 is 0 Å². The number of ether oxygens (including phenoxy) is 2. The van der Waals surface area contributed by atoms with E-state index in [0.717, 1.165) is 45.9 Å². The average Bonchev–Trinajstić information content (AvgIpc) is 3.32. The van der Waals surface area contributed by atoms with Gasteiger partial charge >= 0.3 is 0 Å². The molecule has 0 aliphatic heterocycles. The second-order valence-corrected chi connectivity index (χ2v) is 11.3.